The van der Waals surface area contributed by atoms with E-state index in [0.717, 1.165) is 58.2 Å². The third-order valence-corrected chi connectivity index (χ3v) is 5.42. The molecule has 1 atom stereocenters. The fourth-order valence-corrected chi connectivity index (χ4v) is 3.77. The topological polar surface area (TPSA) is 49.4 Å². The van der Waals surface area contributed by atoms with Crippen LogP contribution in [0.3, 0.4) is 0 Å². The van der Waals surface area contributed by atoms with Gasteiger partial charge < -0.3 is 10.2 Å². The van der Waals surface area contributed by atoms with E-state index in [2.05, 4.69) is 44.8 Å². The molecule has 1 unspecified atom stereocenters. The van der Waals surface area contributed by atoms with Gasteiger partial charge in [0.05, 0.1) is 0 Å². The number of carbonyl (C=O) groups is 2. The molecule has 1 aliphatic rings. The highest BCUT2D eigenvalue weighted by atomic mass is 16.2. The molecule has 1 rings (SSSR count). The lowest BCUT2D eigenvalue weighted by Crippen LogP contribution is -2.31. The Morgan fingerprint density at radius 1 is 1.15 bits per heavy atom. The second-order valence-corrected chi connectivity index (χ2v) is 10.4. The number of hydrogen-bond donors (Lipinski definition) is 1. The van der Waals surface area contributed by atoms with Crippen LogP contribution in [0.2, 0.25) is 0 Å². The number of nitrogens with one attached hydrogen (secondary N) is 1. The molecule has 0 radical (unpaired) electrons. The molecule has 26 heavy (non-hydrogen) atoms. The largest absolute Gasteiger partial charge is 0.356 e. The van der Waals surface area contributed by atoms with Gasteiger partial charge in [-0.1, -0.05) is 48.5 Å². The molecule has 0 aromatic heterocycles. The summed E-state index contributed by atoms with van der Waals surface area (Å²) in [5.74, 6) is 0.716. The molecule has 1 saturated heterocycles. The monoisotopic (exact) mass is 366 g/mol. The average Bonchev–Trinajstić information content (AvgIpc) is 2.82. The van der Waals surface area contributed by atoms with E-state index in [9.17, 15) is 9.59 Å². The van der Waals surface area contributed by atoms with Gasteiger partial charge in [-0.2, -0.15) is 0 Å². The molecular weight excluding hydrogens is 324 g/mol. The SMILES string of the molecule is CC(C)C(=O)NCCCC(C)(C)CC1CCN(CCCC(C)(C)C)C1=O. The van der Waals surface area contributed by atoms with Crippen LogP contribution < -0.4 is 5.32 Å². The van der Waals surface area contributed by atoms with Crippen molar-refractivity contribution < 1.29 is 9.59 Å². The third kappa shape index (κ3) is 8.55. The van der Waals surface area contributed by atoms with Crippen LogP contribution in [0.5, 0.6) is 0 Å². The van der Waals surface area contributed by atoms with Crippen LogP contribution >= 0.6 is 0 Å². The lowest BCUT2D eigenvalue weighted by molar-refractivity contribution is -0.132. The Hall–Kier alpha value is -1.06. The second kappa shape index (κ2) is 9.75. The zero-order chi connectivity index (χ0) is 20.0. The maximum Gasteiger partial charge on any atom is 0.225 e. The first-order valence-electron chi connectivity index (χ1n) is 10.5. The van der Waals surface area contributed by atoms with Crippen molar-refractivity contribution in [2.45, 2.75) is 87.0 Å². The molecule has 4 heteroatoms. The maximum atomic E-state index is 12.7. The maximum absolute atomic E-state index is 12.7. The van der Waals surface area contributed by atoms with Crippen molar-refractivity contribution in [2.75, 3.05) is 19.6 Å². The minimum atomic E-state index is 0.0448. The minimum absolute atomic E-state index is 0.0448. The van der Waals surface area contributed by atoms with Crippen LogP contribution in [0.25, 0.3) is 0 Å². The van der Waals surface area contributed by atoms with Gasteiger partial charge in [0, 0.05) is 31.5 Å². The van der Waals surface area contributed by atoms with Gasteiger partial charge >= 0.3 is 0 Å². The summed E-state index contributed by atoms with van der Waals surface area (Å²) < 4.78 is 0. The van der Waals surface area contributed by atoms with E-state index >= 15 is 0 Å². The molecule has 0 saturated carbocycles. The zero-order valence-electron chi connectivity index (χ0n) is 18.3. The minimum Gasteiger partial charge on any atom is -0.356 e. The Bertz CT molecular complexity index is 463. The van der Waals surface area contributed by atoms with Crippen molar-refractivity contribution in [2.24, 2.45) is 22.7 Å². The Kier molecular flexibility index (Phi) is 8.62. The zero-order valence-corrected chi connectivity index (χ0v) is 18.3. The predicted octanol–water partition coefficient (Wildman–Crippen LogP) is 4.63. The summed E-state index contributed by atoms with van der Waals surface area (Å²) in [6, 6.07) is 0. The van der Waals surface area contributed by atoms with Crippen molar-refractivity contribution in [3.8, 4) is 0 Å². The third-order valence-electron chi connectivity index (χ3n) is 5.42. The predicted molar refractivity (Wildman–Crippen MR) is 109 cm³/mol. The lowest BCUT2D eigenvalue weighted by atomic mass is 9.78. The summed E-state index contributed by atoms with van der Waals surface area (Å²) in [5.41, 5.74) is 0.486. The molecule has 2 amide bonds. The molecule has 0 aromatic rings. The first-order chi connectivity index (χ1) is 11.9. The quantitative estimate of drug-likeness (QED) is 0.573. The van der Waals surface area contributed by atoms with Crippen molar-refractivity contribution in [1.29, 1.82) is 0 Å². The number of carbonyl (C=O) groups excluding carboxylic acids is 2. The van der Waals surface area contributed by atoms with E-state index in [-0.39, 0.29) is 23.2 Å². The fraction of sp³-hybridized carbons (Fsp3) is 0.909. The van der Waals surface area contributed by atoms with Crippen molar-refractivity contribution >= 4 is 11.8 Å². The molecule has 1 heterocycles. The Morgan fingerprint density at radius 2 is 1.81 bits per heavy atom. The Morgan fingerprint density at radius 3 is 2.38 bits per heavy atom. The molecule has 0 aliphatic carbocycles. The van der Waals surface area contributed by atoms with Gasteiger partial charge in [0.25, 0.3) is 0 Å². The summed E-state index contributed by atoms with van der Waals surface area (Å²) in [6.07, 6.45) is 6.23. The first-order valence-corrected chi connectivity index (χ1v) is 10.5. The molecule has 0 bridgehead atoms. The van der Waals surface area contributed by atoms with E-state index in [4.69, 9.17) is 0 Å². The smallest absolute Gasteiger partial charge is 0.225 e. The van der Waals surface area contributed by atoms with Crippen LogP contribution in [-0.2, 0) is 9.59 Å². The molecular formula is C22H42N2O2. The van der Waals surface area contributed by atoms with Gasteiger partial charge in [-0.15, -0.1) is 0 Å². The lowest BCUT2D eigenvalue weighted by Gasteiger charge is -2.28. The Labute approximate surface area is 161 Å². The van der Waals surface area contributed by atoms with Crippen molar-refractivity contribution in [1.82, 2.24) is 10.2 Å². The van der Waals surface area contributed by atoms with E-state index in [0.29, 0.717) is 11.3 Å². The number of amides is 2. The van der Waals surface area contributed by atoms with E-state index in [1.54, 1.807) is 0 Å². The standard InChI is InChI=1S/C22H42N2O2/c1-17(2)19(25)23-13-8-12-22(6,7)16-18-10-15-24(20(18)26)14-9-11-21(3,4)5/h17-18H,8-16H2,1-7H3,(H,23,25). The van der Waals surface area contributed by atoms with Crippen LogP contribution in [0.15, 0.2) is 0 Å². The Balaban J connectivity index is 2.33. The second-order valence-electron chi connectivity index (χ2n) is 10.4. The van der Waals surface area contributed by atoms with Crippen molar-refractivity contribution in [3.63, 3.8) is 0 Å². The van der Waals surface area contributed by atoms with Gasteiger partial charge in [-0.3, -0.25) is 9.59 Å². The molecule has 1 aliphatic heterocycles. The number of rotatable bonds is 10. The van der Waals surface area contributed by atoms with Gasteiger partial charge in [0.2, 0.25) is 11.8 Å². The van der Waals surface area contributed by atoms with Crippen LogP contribution in [-0.4, -0.2) is 36.3 Å². The van der Waals surface area contributed by atoms with Crippen LogP contribution in [0.4, 0.5) is 0 Å². The van der Waals surface area contributed by atoms with E-state index in [1.165, 1.54) is 0 Å². The van der Waals surface area contributed by atoms with Crippen LogP contribution in [0.1, 0.15) is 87.0 Å². The van der Waals surface area contributed by atoms with Gasteiger partial charge in [0.1, 0.15) is 0 Å². The highest BCUT2D eigenvalue weighted by Gasteiger charge is 2.35. The molecule has 152 valence electrons. The summed E-state index contributed by atoms with van der Waals surface area (Å²) in [4.78, 5) is 26.4. The summed E-state index contributed by atoms with van der Waals surface area (Å²) >= 11 is 0. The molecule has 0 aromatic carbocycles. The highest BCUT2D eigenvalue weighted by molar-refractivity contribution is 5.80. The fourth-order valence-electron chi connectivity index (χ4n) is 3.77. The molecule has 0 spiro atoms. The van der Waals surface area contributed by atoms with Crippen LogP contribution in [0, 0.1) is 22.7 Å². The number of nitrogens with zero attached hydrogens (tertiary/aromatic N) is 1. The van der Waals surface area contributed by atoms with E-state index < -0.39 is 0 Å². The average molecular weight is 367 g/mol. The summed E-state index contributed by atoms with van der Waals surface area (Å²) in [6.45, 7) is 17.7. The van der Waals surface area contributed by atoms with Gasteiger partial charge in [-0.25, -0.2) is 0 Å². The normalized spacial score (nSPS) is 18.7. The summed E-state index contributed by atoms with van der Waals surface area (Å²) in [7, 11) is 0. The molecule has 1 fully saturated rings. The van der Waals surface area contributed by atoms with Crippen molar-refractivity contribution in [3.05, 3.63) is 0 Å². The van der Waals surface area contributed by atoms with Gasteiger partial charge in [-0.05, 0) is 49.4 Å². The van der Waals surface area contributed by atoms with Gasteiger partial charge in [0.15, 0.2) is 0 Å². The molecule has 4 nitrogen and oxygen atoms in total. The van der Waals surface area contributed by atoms with E-state index in [1.807, 2.05) is 13.8 Å². The summed E-state index contributed by atoms with van der Waals surface area (Å²) in [5, 5.41) is 2.99. The highest BCUT2D eigenvalue weighted by Crippen LogP contribution is 2.35. The number of hydrogen-bond acceptors (Lipinski definition) is 2. The molecule has 1 N–H and O–H groups in total. The number of likely N-dealkylation sites (tertiary alicyclic amines) is 1. The first kappa shape index (κ1) is 23.0.